The average molecular weight is 441 g/mol. The predicted octanol–water partition coefficient (Wildman–Crippen LogP) is 2.91. The predicted molar refractivity (Wildman–Crippen MR) is 119 cm³/mol. The van der Waals surface area contributed by atoms with Crippen molar-refractivity contribution in [3.05, 3.63) is 28.7 Å². The molecule has 9 nitrogen and oxygen atoms in total. The Balaban J connectivity index is 1.47. The molecule has 0 aliphatic carbocycles. The number of nitrogens with one attached hydrogen (secondary N) is 1. The number of fused-ring (bicyclic) bond motifs is 1. The van der Waals surface area contributed by atoms with Gasteiger partial charge in [-0.2, -0.15) is 10.4 Å². The third-order valence-corrected chi connectivity index (χ3v) is 5.49. The minimum atomic E-state index is -0.523. The van der Waals surface area contributed by atoms with Crippen molar-refractivity contribution in [2.75, 3.05) is 19.6 Å². The van der Waals surface area contributed by atoms with Crippen LogP contribution in [0, 0.1) is 31.1 Å². The van der Waals surface area contributed by atoms with Crippen LogP contribution in [0.5, 0.6) is 0 Å². The Morgan fingerprint density at radius 3 is 2.59 bits per heavy atom. The van der Waals surface area contributed by atoms with Crippen molar-refractivity contribution in [2.45, 2.75) is 65.9 Å². The topological polar surface area (TPSA) is 113 Å². The van der Waals surface area contributed by atoms with Gasteiger partial charge in [-0.05, 0) is 66.4 Å². The lowest BCUT2D eigenvalue weighted by Crippen LogP contribution is -2.45. The van der Waals surface area contributed by atoms with Crippen LogP contribution in [0.2, 0.25) is 0 Å². The van der Waals surface area contributed by atoms with Crippen molar-refractivity contribution in [2.24, 2.45) is 5.92 Å². The van der Waals surface area contributed by atoms with Gasteiger partial charge in [-0.3, -0.25) is 4.79 Å². The van der Waals surface area contributed by atoms with Crippen LogP contribution in [-0.2, 0) is 16.0 Å². The van der Waals surface area contributed by atoms with Crippen LogP contribution in [0.25, 0.3) is 5.65 Å². The summed E-state index contributed by atoms with van der Waals surface area (Å²) in [6.07, 6.45) is 2.19. The molecular formula is C23H32N6O3. The first-order valence-electron chi connectivity index (χ1n) is 11.1. The maximum Gasteiger partial charge on any atom is 0.410 e. The van der Waals surface area contributed by atoms with Crippen LogP contribution in [0.15, 0.2) is 6.07 Å². The lowest BCUT2D eigenvalue weighted by molar-refractivity contribution is -0.126. The van der Waals surface area contributed by atoms with E-state index in [-0.39, 0.29) is 17.9 Å². The maximum atomic E-state index is 12.5. The number of rotatable bonds is 5. The molecule has 172 valence electrons. The summed E-state index contributed by atoms with van der Waals surface area (Å²) in [6.45, 7) is 10.9. The quantitative estimate of drug-likeness (QED) is 0.716. The molecule has 32 heavy (non-hydrogen) atoms. The highest BCUT2D eigenvalue weighted by Crippen LogP contribution is 2.20. The van der Waals surface area contributed by atoms with Gasteiger partial charge in [0.15, 0.2) is 5.65 Å². The van der Waals surface area contributed by atoms with E-state index in [9.17, 15) is 14.9 Å². The Hall–Kier alpha value is -3.15. The molecule has 2 aromatic heterocycles. The van der Waals surface area contributed by atoms with Crippen LogP contribution >= 0.6 is 0 Å². The number of carbonyl (C=O) groups excluding carboxylic acids is 2. The van der Waals surface area contributed by atoms with E-state index in [0.717, 1.165) is 11.4 Å². The highest BCUT2D eigenvalue weighted by molar-refractivity contribution is 5.79. The molecule has 2 amide bonds. The van der Waals surface area contributed by atoms with Crippen molar-refractivity contribution in [3.8, 4) is 6.07 Å². The van der Waals surface area contributed by atoms with Crippen molar-refractivity contribution >= 4 is 17.6 Å². The molecule has 2 aromatic rings. The molecule has 1 N–H and O–H groups in total. The molecule has 3 rings (SSSR count). The zero-order chi connectivity index (χ0) is 23.5. The van der Waals surface area contributed by atoms with E-state index in [2.05, 4.69) is 21.5 Å². The largest absolute Gasteiger partial charge is 0.444 e. The summed E-state index contributed by atoms with van der Waals surface area (Å²) in [6, 6.07) is 4.16. The normalized spacial score (nSPS) is 14.9. The molecule has 0 atom stereocenters. The van der Waals surface area contributed by atoms with E-state index in [1.165, 1.54) is 0 Å². The summed E-state index contributed by atoms with van der Waals surface area (Å²) in [5.41, 5.74) is 3.04. The Morgan fingerprint density at radius 2 is 1.97 bits per heavy atom. The number of amides is 2. The second-order valence-electron chi connectivity index (χ2n) is 9.34. The minimum Gasteiger partial charge on any atom is -0.444 e. The maximum absolute atomic E-state index is 12.5. The van der Waals surface area contributed by atoms with Gasteiger partial charge < -0.3 is 15.0 Å². The number of hydrogen-bond donors (Lipinski definition) is 1. The standard InChI is InChI=1S/C23H32N6O3/c1-15-13-16(2)29-20(26-15)18(14-24)19(27-29)7-6-10-25-21(30)17-8-11-28(12-9-17)22(31)32-23(3,4)5/h13,17H,6-12H2,1-5H3,(H,25,30). The van der Waals surface area contributed by atoms with Gasteiger partial charge in [0.05, 0.1) is 5.69 Å². The van der Waals surface area contributed by atoms with E-state index < -0.39 is 5.60 Å². The SMILES string of the molecule is Cc1cc(C)n2nc(CCCNC(=O)C3CCN(C(=O)OC(C)(C)C)CC3)c(C#N)c2n1. The smallest absolute Gasteiger partial charge is 0.410 e. The molecule has 9 heteroatoms. The highest BCUT2D eigenvalue weighted by Gasteiger charge is 2.29. The molecular weight excluding hydrogens is 408 g/mol. The zero-order valence-corrected chi connectivity index (χ0v) is 19.6. The van der Waals surface area contributed by atoms with Crippen LogP contribution in [-0.4, -0.2) is 56.7 Å². The van der Waals surface area contributed by atoms with E-state index in [1.807, 2.05) is 40.7 Å². The average Bonchev–Trinajstić information content (AvgIpc) is 3.07. The molecule has 0 aromatic carbocycles. The summed E-state index contributed by atoms with van der Waals surface area (Å²) in [5, 5.41) is 17.1. The zero-order valence-electron chi connectivity index (χ0n) is 19.6. The number of piperidine rings is 1. The van der Waals surface area contributed by atoms with Gasteiger partial charge in [0.2, 0.25) is 5.91 Å². The number of ether oxygens (including phenoxy) is 1. The first kappa shape index (κ1) is 23.5. The number of aromatic nitrogens is 3. The molecule has 1 aliphatic heterocycles. The first-order valence-corrected chi connectivity index (χ1v) is 11.1. The van der Waals surface area contributed by atoms with Crippen LogP contribution < -0.4 is 5.32 Å². The Kier molecular flexibility index (Phi) is 7.02. The van der Waals surface area contributed by atoms with Crippen molar-refractivity contribution in [1.29, 1.82) is 5.26 Å². The molecule has 1 saturated heterocycles. The second-order valence-corrected chi connectivity index (χ2v) is 9.34. The van der Waals surface area contributed by atoms with Gasteiger partial charge in [0.1, 0.15) is 17.2 Å². The Bertz CT molecular complexity index is 1040. The highest BCUT2D eigenvalue weighted by atomic mass is 16.6. The summed E-state index contributed by atoms with van der Waals surface area (Å²) in [7, 11) is 0. The van der Waals surface area contributed by atoms with Gasteiger partial charge in [-0.25, -0.2) is 14.3 Å². The van der Waals surface area contributed by atoms with Crippen molar-refractivity contribution < 1.29 is 14.3 Å². The van der Waals surface area contributed by atoms with Gasteiger partial charge in [-0.1, -0.05) is 0 Å². The first-order chi connectivity index (χ1) is 15.1. The Morgan fingerprint density at radius 1 is 1.28 bits per heavy atom. The fourth-order valence-electron chi connectivity index (χ4n) is 3.92. The van der Waals surface area contributed by atoms with Crippen LogP contribution in [0.1, 0.15) is 62.7 Å². The molecule has 1 fully saturated rings. The van der Waals surface area contributed by atoms with Gasteiger partial charge in [-0.15, -0.1) is 0 Å². The molecule has 0 bridgehead atoms. The number of likely N-dealkylation sites (tertiary alicyclic amines) is 1. The minimum absolute atomic E-state index is 0.0116. The summed E-state index contributed by atoms with van der Waals surface area (Å²) >= 11 is 0. The second kappa shape index (κ2) is 9.55. The summed E-state index contributed by atoms with van der Waals surface area (Å²) in [5.74, 6) is -0.0918. The lowest BCUT2D eigenvalue weighted by Gasteiger charge is -2.32. The summed E-state index contributed by atoms with van der Waals surface area (Å²) in [4.78, 5) is 30.8. The fourth-order valence-corrected chi connectivity index (χ4v) is 3.92. The van der Waals surface area contributed by atoms with Gasteiger partial charge in [0, 0.05) is 36.9 Å². The third kappa shape index (κ3) is 5.55. The molecule has 0 radical (unpaired) electrons. The number of nitriles is 1. The van der Waals surface area contributed by atoms with Gasteiger partial charge >= 0.3 is 6.09 Å². The number of carbonyl (C=O) groups is 2. The molecule has 0 saturated carbocycles. The van der Waals surface area contributed by atoms with Crippen LogP contribution in [0.4, 0.5) is 4.79 Å². The third-order valence-electron chi connectivity index (χ3n) is 5.49. The van der Waals surface area contributed by atoms with Crippen molar-refractivity contribution in [1.82, 2.24) is 24.8 Å². The summed E-state index contributed by atoms with van der Waals surface area (Å²) < 4.78 is 7.11. The molecule has 3 heterocycles. The van der Waals surface area contributed by atoms with E-state index in [0.29, 0.717) is 62.2 Å². The number of nitrogens with zero attached hydrogens (tertiary/aromatic N) is 5. The van der Waals surface area contributed by atoms with Gasteiger partial charge in [0.25, 0.3) is 0 Å². The van der Waals surface area contributed by atoms with Crippen LogP contribution in [0.3, 0.4) is 0 Å². The number of aryl methyl sites for hydroxylation is 3. The van der Waals surface area contributed by atoms with E-state index in [4.69, 9.17) is 4.74 Å². The molecule has 0 unspecified atom stereocenters. The number of hydrogen-bond acceptors (Lipinski definition) is 6. The lowest BCUT2D eigenvalue weighted by atomic mass is 9.96. The van der Waals surface area contributed by atoms with E-state index >= 15 is 0 Å². The fraction of sp³-hybridized carbons (Fsp3) is 0.609. The van der Waals surface area contributed by atoms with Crippen molar-refractivity contribution in [3.63, 3.8) is 0 Å². The Labute approximate surface area is 188 Å². The van der Waals surface area contributed by atoms with E-state index in [1.54, 1.807) is 9.42 Å². The molecule has 0 spiro atoms. The monoisotopic (exact) mass is 440 g/mol. The molecule has 1 aliphatic rings.